The van der Waals surface area contributed by atoms with Crippen LogP contribution in [-0.4, -0.2) is 34.7 Å². The molecule has 0 N–H and O–H groups in total. The topological polar surface area (TPSA) is 131 Å². The third-order valence-electron chi connectivity index (χ3n) is 2.50. The third-order valence-corrected chi connectivity index (χ3v) is 2.50. The number of nitrogens with zero attached hydrogens (tertiary/aromatic N) is 2. The summed E-state index contributed by atoms with van der Waals surface area (Å²) >= 11 is 0. The SMILES string of the molecule is CC(F)OC(=O)C1CC(O[N+](=O)[O-])C(O[N+](=O)[O-])C1. The van der Waals surface area contributed by atoms with Crippen molar-refractivity contribution in [2.24, 2.45) is 5.92 Å². The Kier molecular flexibility index (Phi) is 4.78. The van der Waals surface area contributed by atoms with Gasteiger partial charge in [0.1, 0.15) is 12.2 Å². The Morgan fingerprint density at radius 1 is 1.21 bits per heavy atom. The minimum absolute atomic E-state index is 0.217. The maximum absolute atomic E-state index is 12.5. The van der Waals surface area contributed by atoms with Crippen molar-refractivity contribution in [2.75, 3.05) is 0 Å². The summed E-state index contributed by atoms with van der Waals surface area (Å²) < 4.78 is 16.8. The van der Waals surface area contributed by atoms with E-state index in [-0.39, 0.29) is 12.8 Å². The van der Waals surface area contributed by atoms with Gasteiger partial charge >= 0.3 is 5.97 Å². The molecule has 19 heavy (non-hydrogen) atoms. The van der Waals surface area contributed by atoms with Gasteiger partial charge < -0.3 is 14.4 Å². The zero-order valence-corrected chi connectivity index (χ0v) is 9.76. The van der Waals surface area contributed by atoms with Crippen molar-refractivity contribution in [1.29, 1.82) is 0 Å². The van der Waals surface area contributed by atoms with Gasteiger partial charge in [0.15, 0.2) is 0 Å². The van der Waals surface area contributed by atoms with Gasteiger partial charge in [-0.2, -0.15) is 0 Å². The highest BCUT2D eigenvalue weighted by atomic mass is 19.1. The normalized spacial score (nSPS) is 27.4. The highest BCUT2D eigenvalue weighted by Crippen LogP contribution is 2.32. The average Bonchev–Trinajstić information content (AvgIpc) is 2.58. The molecule has 0 aliphatic heterocycles. The second-order valence-electron chi connectivity index (χ2n) is 3.88. The number of carbonyl (C=O) groups excluding carboxylic acids is 1. The fourth-order valence-corrected chi connectivity index (χ4v) is 1.85. The molecule has 0 bridgehead atoms. The number of halogens is 1. The molecule has 108 valence electrons. The predicted molar refractivity (Wildman–Crippen MR) is 53.1 cm³/mol. The molecule has 0 heterocycles. The average molecular weight is 282 g/mol. The van der Waals surface area contributed by atoms with Crippen molar-refractivity contribution in [1.82, 2.24) is 0 Å². The van der Waals surface area contributed by atoms with Crippen molar-refractivity contribution in [2.45, 2.75) is 38.3 Å². The molecule has 1 fully saturated rings. The van der Waals surface area contributed by atoms with Gasteiger partial charge in [0.2, 0.25) is 6.36 Å². The Bertz CT molecular complexity index is 352. The molecule has 1 rings (SSSR count). The van der Waals surface area contributed by atoms with Gasteiger partial charge in [0.05, 0.1) is 5.92 Å². The minimum Gasteiger partial charge on any atom is -0.431 e. The smallest absolute Gasteiger partial charge is 0.311 e. The van der Waals surface area contributed by atoms with Crippen molar-refractivity contribution in [3.05, 3.63) is 20.2 Å². The lowest BCUT2D eigenvalue weighted by Gasteiger charge is -2.14. The van der Waals surface area contributed by atoms with E-state index < -0.39 is 40.6 Å². The molecule has 11 heteroatoms. The molecular weight excluding hydrogens is 271 g/mol. The lowest BCUT2D eigenvalue weighted by Crippen LogP contribution is -2.30. The molecule has 0 radical (unpaired) electrons. The molecule has 0 spiro atoms. The van der Waals surface area contributed by atoms with Crippen LogP contribution in [0.5, 0.6) is 0 Å². The Labute approximate surface area is 105 Å². The largest absolute Gasteiger partial charge is 0.431 e. The van der Waals surface area contributed by atoms with Crippen LogP contribution >= 0.6 is 0 Å². The van der Waals surface area contributed by atoms with Crippen LogP contribution in [0, 0.1) is 26.1 Å². The Balaban J connectivity index is 2.67. The summed E-state index contributed by atoms with van der Waals surface area (Å²) in [5, 5.41) is 18.2. The first kappa shape index (κ1) is 14.9. The van der Waals surface area contributed by atoms with Crippen LogP contribution in [0.15, 0.2) is 0 Å². The van der Waals surface area contributed by atoms with E-state index in [1.54, 1.807) is 0 Å². The summed E-state index contributed by atoms with van der Waals surface area (Å²) in [5.41, 5.74) is 0. The van der Waals surface area contributed by atoms with Crippen LogP contribution in [0.3, 0.4) is 0 Å². The molecule has 1 aliphatic rings. The number of ether oxygens (including phenoxy) is 1. The summed E-state index contributed by atoms with van der Waals surface area (Å²) in [7, 11) is 0. The maximum Gasteiger partial charge on any atom is 0.311 e. The van der Waals surface area contributed by atoms with Crippen LogP contribution in [0.1, 0.15) is 19.8 Å². The third kappa shape index (κ3) is 4.52. The van der Waals surface area contributed by atoms with Gasteiger partial charge in [0.25, 0.3) is 10.2 Å². The molecule has 0 aromatic heterocycles. The predicted octanol–water partition coefficient (Wildman–Crippen LogP) is 0.409. The summed E-state index contributed by atoms with van der Waals surface area (Å²) in [6.45, 7) is 0.989. The second kappa shape index (κ2) is 6.11. The summed E-state index contributed by atoms with van der Waals surface area (Å²) in [6, 6.07) is 0. The minimum atomic E-state index is -1.84. The molecule has 1 aliphatic carbocycles. The zero-order chi connectivity index (χ0) is 14.6. The number of esters is 1. The van der Waals surface area contributed by atoms with E-state index in [4.69, 9.17) is 0 Å². The fourth-order valence-electron chi connectivity index (χ4n) is 1.85. The van der Waals surface area contributed by atoms with E-state index in [2.05, 4.69) is 14.4 Å². The Morgan fingerprint density at radius 3 is 1.95 bits per heavy atom. The van der Waals surface area contributed by atoms with E-state index in [1.807, 2.05) is 0 Å². The van der Waals surface area contributed by atoms with E-state index in [9.17, 15) is 29.4 Å². The lowest BCUT2D eigenvalue weighted by atomic mass is 10.1. The second-order valence-corrected chi connectivity index (χ2v) is 3.88. The van der Waals surface area contributed by atoms with Crippen molar-refractivity contribution in [3.8, 4) is 0 Å². The Morgan fingerprint density at radius 2 is 1.63 bits per heavy atom. The van der Waals surface area contributed by atoms with Gasteiger partial charge in [-0.3, -0.25) is 4.79 Å². The number of carbonyl (C=O) groups is 1. The maximum atomic E-state index is 12.5. The first-order valence-electron chi connectivity index (χ1n) is 5.26. The number of alkyl halides is 1. The molecule has 3 unspecified atom stereocenters. The number of rotatable bonds is 6. The first-order valence-corrected chi connectivity index (χ1v) is 5.26. The molecule has 3 atom stereocenters. The fraction of sp³-hybridized carbons (Fsp3) is 0.875. The molecule has 0 amide bonds. The molecule has 0 aromatic rings. The van der Waals surface area contributed by atoms with Crippen LogP contribution in [-0.2, 0) is 19.2 Å². The lowest BCUT2D eigenvalue weighted by molar-refractivity contribution is -0.797. The summed E-state index contributed by atoms with van der Waals surface area (Å²) in [5.74, 6) is -1.89. The number of hydrogen-bond acceptors (Lipinski definition) is 8. The van der Waals surface area contributed by atoms with Crippen LogP contribution < -0.4 is 0 Å². The molecule has 0 aromatic carbocycles. The standard InChI is InChI=1S/C8H11FN2O8/c1-4(9)17-8(12)5-2-6(18-10(13)14)7(3-5)19-11(15)16/h4-7H,2-3H2,1H3. The summed E-state index contributed by atoms with van der Waals surface area (Å²) in [4.78, 5) is 40.3. The van der Waals surface area contributed by atoms with Crippen LogP contribution in [0.4, 0.5) is 4.39 Å². The van der Waals surface area contributed by atoms with Gasteiger partial charge in [-0.05, 0) is 12.8 Å². The van der Waals surface area contributed by atoms with Gasteiger partial charge in [-0.1, -0.05) is 0 Å². The van der Waals surface area contributed by atoms with Gasteiger partial charge in [-0.25, -0.2) is 4.39 Å². The van der Waals surface area contributed by atoms with Crippen LogP contribution in [0.25, 0.3) is 0 Å². The number of hydrogen-bond donors (Lipinski definition) is 0. The monoisotopic (exact) mass is 282 g/mol. The van der Waals surface area contributed by atoms with Gasteiger partial charge in [0, 0.05) is 6.92 Å². The zero-order valence-electron chi connectivity index (χ0n) is 9.76. The Hall–Kier alpha value is -2.20. The van der Waals surface area contributed by atoms with E-state index in [1.165, 1.54) is 0 Å². The highest BCUT2D eigenvalue weighted by molar-refractivity contribution is 5.73. The molecule has 1 saturated carbocycles. The van der Waals surface area contributed by atoms with Crippen molar-refractivity contribution < 1.29 is 33.8 Å². The van der Waals surface area contributed by atoms with Crippen molar-refractivity contribution >= 4 is 5.97 Å². The van der Waals surface area contributed by atoms with Gasteiger partial charge in [-0.15, -0.1) is 20.2 Å². The molecular formula is C8H11FN2O8. The first-order chi connectivity index (χ1) is 8.79. The van der Waals surface area contributed by atoms with E-state index in [0.717, 1.165) is 6.92 Å². The molecule has 0 saturated heterocycles. The van der Waals surface area contributed by atoms with Crippen molar-refractivity contribution in [3.63, 3.8) is 0 Å². The highest BCUT2D eigenvalue weighted by Gasteiger charge is 2.43. The van der Waals surface area contributed by atoms with E-state index >= 15 is 0 Å². The molecule has 10 nitrogen and oxygen atoms in total. The van der Waals surface area contributed by atoms with Crippen LogP contribution in [0.2, 0.25) is 0 Å². The van der Waals surface area contributed by atoms with E-state index in [0.29, 0.717) is 0 Å². The summed E-state index contributed by atoms with van der Waals surface area (Å²) in [6.07, 6.45) is -4.81. The quantitative estimate of drug-likeness (QED) is 0.388.